The first-order valence-electron chi connectivity index (χ1n) is 20.6. The number of para-hydroxylation sites is 2. The molecule has 3 aromatic carbocycles. The number of fused-ring (bicyclic) bond motifs is 4. The number of allylic oxidation sites excluding steroid dienone is 5. The van der Waals surface area contributed by atoms with Crippen LogP contribution in [0, 0.1) is 6.57 Å². The second kappa shape index (κ2) is 14.8. The molecule has 3 aliphatic rings. The van der Waals surface area contributed by atoms with Crippen LogP contribution in [-0.2, 0) is 15.6 Å². The van der Waals surface area contributed by atoms with Crippen molar-refractivity contribution in [1.29, 1.82) is 0 Å². The predicted octanol–water partition coefficient (Wildman–Crippen LogP) is 10.6. The minimum absolute atomic E-state index is 0.0307. The van der Waals surface area contributed by atoms with Crippen LogP contribution in [0.15, 0.2) is 120 Å². The van der Waals surface area contributed by atoms with Gasteiger partial charge >= 0.3 is 11.3 Å². The highest BCUT2D eigenvalue weighted by Gasteiger charge is 2.42. The van der Waals surface area contributed by atoms with Crippen LogP contribution in [-0.4, -0.2) is 36.1 Å². The third-order valence-corrected chi connectivity index (χ3v) is 12.3. The molecule has 10 nitrogen and oxygen atoms in total. The maximum atomic E-state index is 13.8. The second-order valence-electron chi connectivity index (χ2n) is 17.1. The zero-order valence-electron chi connectivity index (χ0n) is 34.8. The summed E-state index contributed by atoms with van der Waals surface area (Å²) in [5, 5.41) is 1.67. The van der Waals surface area contributed by atoms with Crippen LogP contribution >= 0.6 is 0 Å². The average molecular weight is 798 g/mol. The first kappa shape index (κ1) is 38.6. The molecule has 0 saturated carbocycles. The SMILES string of the molecule is [C-]#[N+]/C(=C1C=C(/C=C/c2cc3ccc(N(CC)CC)cc3oc2=O)OC(/C=C/c2cc3cc4c5c(c3oc2=O)C(C)(C)CCN5CCC4(C)C)=C\1)c1nc2ccccc2[nH]1. The van der Waals surface area contributed by atoms with Gasteiger partial charge in [0.25, 0.3) is 0 Å². The van der Waals surface area contributed by atoms with Crippen molar-refractivity contribution in [3.05, 3.63) is 162 Å². The number of nitrogens with one attached hydrogen (secondary N) is 1. The fourth-order valence-corrected chi connectivity index (χ4v) is 8.81. The van der Waals surface area contributed by atoms with E-state index in [0.717, 1.165) is 72.1 Å². The molecule has 0 amide bonds. The van der Waals surface area contributed by atoms with E-state index in [-0.39, 0.29) is 16.5 Å². The van der Waals surface area contributed by atoms with E-state index < -0.39 is 11.3 Å². The molecule has 6 heterocycles. The summed E-state index contributed by atoms with van der Waals surface area (Å²) in [6.07, 6.45) is 12.2. The number of benzene rings is 3. The lowest BCUT2D eigenvalue weighted by Crippen LogP contribution is -2.44. The minimum Gasteiger partial charge on any atom is -0.457 e. The fraction of sp³-hybridized carbons (Fsp3) is 0.280. The van der Waals surface area contributed by atoms with Crippen molar-refractivity contribution in [3.63, 3.8) is 0 Å². The zero-order chi connectivity index (χ0) is 41.9. The van der Waals surface area contributed by atoms with Crippen LogP contribution < -0.4 is 21.1 Å². The van der Waals surface area contributed by atoms with E-state index in [0.29, 0.717) is 45.2 Å². The standard InChI is InChI=1S/C50H47N5O5/c1-8-54(9-2)35-17-14-30-24-31(47(56)59-41(30)29-35)15-18-36-26-33(43(51-7)46-52-39-12-10-11-13-40(39)53-46)27-37(58-36)19-16-32-25-34-28-38-44-42(45(34)60-48(32)57)50(5,6)21-23-55(44)22-20-49(38,3)4/h10-19,24-29H,8-9,20-23H2,1-6H3,(H,52,53)/b18-15+,19-16+,43-33+. The largest absolute Gasteiger partial charge is 0.457 e. The van der Waals surface area contributed by atoms with Gasteiger partial charge in [-0.3, -0.25) is 0 Å². The van der Waals surface area contributed by atoms with Crippen molar-refractivity contribution in [3.8, 4) is 0 Å². The molecule has 0 spiro atoms. The molecule has 0 unspecified atom stereocenters. The number of nitrogens with zero attached hydrogens (tertiary/aromatic N) is 4. The molecule has 0 atom stereocenters. The number of imidazole rings is 1. The zero-order valence-corrected chi connectivity index (χ0v) is 34.8. The van der Waals surface area contributed by atoms with Gasteiger partial charge in [-0.1, -0.05) is 39.8 Å². The highest BCUT2D eigenvalue weighted by molar-refractivity contribution is 5.92. The van der Waals surface area contributed by atoms with E-state index in [9.17, 15) is 9.59 Å². The van der Waals surface area contributed by atoms with Gasteiger partial charge in [0.2, 0.25) is 5.70 Å². The summed E-state index contributed by atoms with van der Waals surface area (Å²) in [6.45, 7) is 25.1. The van der Waals surface area contributed by atoms with Gasteiger partial charge in [-0.25, -0.2) is 19.4 Å². The molecule has 1 N–H and O–H groups in total. The quantitative estimate of drug-likeness (QED) is 0.120. The van der Waals surface area contributed by atoms with Crippen LogP contribution in [0.5, 0.6) is 0 Å². The molecule has 6 aromatic rings. The first-order chi connectivity index (χ1) is 28.8. The smallest absolute Gasteiger partial charge is 0.343 e. The van der Waals surface area contributed by atoms with E-state index >= 15 is 0 Å². The van der Waals surface area contributed by atoms with E-state index in [1.807, 2.05) is 48.5 Å². The van der Waals surface area contributed by atoms with Gasteiger partial charge in [0, 0.05) is 60.0 Å². The summed E-state index contributed by atoms with van der Waals surface area (Å²) < 4.78 is 18.4. The summed E-state index contributed by atoms with van der Waals surface area (Å²) in [4.78, 5) is 43.6. The van der Waals surface area contributed by atoms with Crippen LogP contribution in [0.1, 0.15) is 82.5 Å². The topological polar surface area (TPSA) is 109 Å². The van der Waals surface area contributed by atoms with Gasteiger partial charge in [0.15, 0.2) is 0 Å². The molecule has 10 heteroatoms. The second-order valence-corrected chi connectivity index (χ2v) is 17.1. The third kappa shape index (κ3) is 6.84. The van der Waals surface area contributed by atoms with Crippen molar-refractivity contribution in [2.45, 2.75) is 65.2 Å². The maximum Gasteiger partial charge on any atom is 0.343 e. The van der Waals surface area contributed by atoms with Gasteiger partial charge in [-0.2, -0.15) is 0 Å². The normalized spacial score (nSPS) is 17.8. The van der Waals surface area contributed by atoms with Crippen LogP contribution in [0.2, 0.25) is 0 Å². The highest BCUT2D eigenvalue weighted by Crippen LogP contribution is 2.51. The molecular formula is C50H47N5O5. The molecule has 9 rings (SSSR count). The number of ether oxygens (including phenoxy) is 1. The fourth-order valence-electron chi connectivity index (χ4n) is 8.81. The van der Waals surface area contributed by atoms with Crippen molar-refractivity contribution in [2.24, 2.45) is 0 Å². The Bertz CT molecular complexity index is 3030. The number of aromatic nitrogens is 2. The number of hydrogen-bond donors (Lipinski definition) is 1. The Morgan fingerprint density at radius 1 is 0.850 bits per heavy atom. The Labute approximate surface area is 348 Å². The molecule has 0 aliphatic carbocycles. The molecule has 302 valence electrons. The van der Waals surface area contributed by atoms with Crippen molar-refractivity contribution in [2.75, 3.05) is 36.0 Å². The monoisotopic (exact) mass is 797 g/mol. The third-order valence-electron chi connectivity index (χ3n) is 12.3. The summed E-state index contributed by atoms with van der Waals surface area (Å²) in [7, 11) is 0. The Hall–Kier alpha value is -6.86. The Morgan fingerprint density at radius 2 is 1.52 bits per heavy atom. The molecule has 60 heavy (non-hydrogen) atoms. The molecule has 0 saturated heterocycles. The van der Waals surface area contributed by atoms with Crippen molar-refractivity contribution < 1.29 is 13.6 Å². The summed E-state index contributed by atoms with van der Waals surface area (Å²) in [5.41, 5.74) is 7.70. The molecule has 0 radical (unpaired) electrons. The average Bonchev–Trinajstić information content (AvgIpc) is 3.66. The van der Waals surface area contributed by atoms with Crippen molar-refractivity contribution in [1.82, 2.24) is 9.97 Å². The van der Waals surface area contributed by atoms with Gasteiger partial charge in [-0.05, 0) is 128 Å². The van der Waals surface area contributed by atoms with Crippen LogP contribution in [0.3, 0.4) is 0 Å². The molecule has 3 aliphatic heterocycles. The number of H-pyrrole nitrogens is 1. The number of aromatic amines is 1. The lowest BCUT2D eigenvalue weighted by atomic mass is 9.69. The van der Waals surface area contributed by atoms with Gasteiger partial charge in [0.1, 0.15) is 28.5 Å². The lowest BCUT2D eigenvalue weighted by Gasteiger charge is -2.48. The van der Waals surface area contributed by atoms with E-state index in [2.05, 4.69) is 67.2 Å². The van der Waals surface area contributed by atoms with E-state index in [1.165, 1.54) is 11.3 Å². The van der Waals surface area contributed by atoms with E-state index in [1.54, 1.807) is 42.5 Å². The Kier molecular flexibility index (Phi) is 9.50. The molecular weight excluding hydrogens is 751 g/mol. The van der Waals surface area contributed by atoms with Crippen LogP contribution in [0.4, 0.5) is 11.4 Å². The Morgan fingerprint density at radius 3 is 2.20 bits per heavy atom. The number of hydrogen-bond acceptors (Lipinski definition) is 8. The maximum absolute atomic E-state index is 13.8. The summed E-state index contributed by atoms with van der Waals surface area (Å²) >= 11 is 0. The molecule has 0 fully saturated rings. The minimum atomic E-state index is -0.486. The summed E-state index contributed by atoms with van der Waals surface area (Å²) in [6, 6.07) is 19.4. The van der Waals surface area contributed by atoms with Crippen molar-refractivity contribution >= 4 is 62.2 Å². The van der Waals surface area contributed by atoms with Gasteiger partial charge in [0.05, 0.1) is 28.7 Å². The van der Waals surface area contributed by atoms with E-state index in [4.69, 9.17) is 25.1 Å². The van der Waals surface area contributed by atoms with Gasteiger partial charge in [-0.15, -0.1) is 0 Å². The highest BCUT2D eigenvalue weighted by atomic mass is 16.5. The van der Waals surface area contributed by atoms with Gasteiger partial charge < -0.3 is 28.4 Å². The predicted molar refractivity (Wildman–Crippen MR) is 241 cm³/mol. The summed E-state index contributed by atoms with van der Waals surface area (Å²) in [5.74, 6) is 1.15. The molecule has 3 aromatic heterocycles. The Balaban J connectivity index is 1.11. The lowest BCUT2D eigenvalue weighted by molar-refractivity contribution is 0.332. The van der Waals surface area contributed by atoms with Crippen LogP contribution in [0.25, 0.3) is 55.7 Å². The first-order valence-corrected chi connectivity index (χ1v) is 20.6. The number of anilines is 2. The molecule has 0 bridgehead atoms. The number of rotatable bonds is 8.